The molecule has 0 spiro atoms. The molecule has 3 N–H and O–H groups in total. The van der Waals surface area contributed by atoms with Crippen molar-refractivity contribution in [2.45, 2.75) is 31.4 Å². The lowest BCUT2D eigenvalue weighted by atomic mass is 10.1. The minimum Gasteiger partial charge on any atom is -0.384 e. The predicted molar refractivity (Wildman–Crippen MR) is 65.4 cm³/mol. The zero-order valence-corrected chi connectivity index (χ0v) is 9.81. The van der Waals surface area contributed by atoms with E-state index in [-0.39, 0.29) is 12.1 Å². The summed E-state index contributed by atoms with van der Waals surface area (Å²) in [6.07, 6.45) is 4.94. The Labute approximate surface area is 101 Å². The van der Waals surface area contributed by atoms with Crippen LogP contribution in [0.25, 0.3) is 0 Å². The van der Waals surface area contributed by atoms with Gasteiger partial charge >= 0.3 is 0 Å². The first-order valence-corrected chi connectivity index (χ1v) is 5.69. The van der Waals surface area contributed by atoms with E-state index in [1.165, 1.54) is 6.20 Å². The first-order chi connectivity index (χ1) is 8.24. The SMILES string of the molecule is CO[C@@H]1CCC[C@@H]1Nc1cc(N)ncc1C#N. The lowest BCUT2D eigenvalue weighted by Gasteiger charge is -2.21. The zero-order valence-electron chi connectivity index (χ0n) is 9.81. The molecule has 1 heterocycles. The van der Waals surface area contributed by atoms with Crippen LogP contribution < -0.4 is 11.1 Å². The average Bonchev–Trinajstić information content (AvgIpc) is 2.77. The fourth-order valence-corrected chi connectivity index (χ4v) is 2.25. The molecule has 2 atom stereocenters. The molecule has 0 unspecified atom stereocenters. The van der Waals surface area contributed by atoms with Crippen molar-refractivity contribution in [1.82, 2.24) is 4.98 Å². The molecular weight excluding hydrogens is 216 g/mol. The van der Waals surface area contributed by atoms with Gasteiger partial charge in [0.25, 0.3) is 0 Å². The van der Waals surface area contributed by atoms with Crippen molar-refractivity contribution in [2.75, 3.05) is 18.2 Å². The highest BCUT2D eigenvalue weighted by atomic mass is 16.5. The van der Waals surface area contributed by atoms with E-state index in [1.807, 2.05) is 0 Å². The van der Waals surface area contributed by atoms with E-state index in [9.17, 15) is 0 Å². The van der Waals surface area contributed by atoms with E-state index in [1.54, 1.807) is 13.2 Å². The molecule has 0 aliphatic heterocycles. The summed E-state index contributed by atoms with van der Waals surface area (Å²) in [5, 5.41) is 12.3. The predicted octanol–water partition coefficient (Wildman–Crippen LogP) is 1.51. The Hall–Kier alpha value is -1.80. The van der Waals surface area contributed by atoms with Crippen molar-refractivity contribution in [3.63, 3.8) is 0 Å². The normalized spacial score (nSPS) is 23.3. The van der Waals surface area contributed by atoms with E-state index in [2.05, 4.69) is 16.4 Å². The van der Waals surface area contributed by atoms with E-state index in [0.717, 1.165) is 24.9 Å². The summed E-state index contributed by atoms with van der Waals surface area (Å²) in [6, 6.07) is 4.05. The van der Waals surface area contributed by atoms with Crippen LogP contribution in [0.2, 0.25) is 0 Å². The van der Waals surface area contributed by atoms with Crippen LogP contribution in [-0.2, 0) is 4.74 Å². The number of nitriles is 1. The number of nitrogen functional groups attached to an aromatic ring is 1. The van der Waals surface area contributed by atoms with Crippen LogP contribution in [0.1, 0.15) is 24.8 Å². The minimum absolute atomic E-state index is 0.205. The van der Waals surface area contributed by atoms with Gasteiger partial charge in [0.2, 0.25) is 0 Å². The smallest absolute Gasteiger partial charge is 0.125 e. The zero-order chi connectivity index (χ0) is 12.3. The molecule has 0 saturated heterocycles. The number of rotatable bonds is 3. The summed E-state index contributed by atoms with van der Waals surface area (Å²) in [7, 11) is 1.72. The van der Waals surface area contributed by atoms with Gasteiger partial charge in [0.1, 0.15) is 11.9 Å². The van der Waals surface area contributed by atoms with Crippen LogP contribution in [-0.4, -0.2) is 24.2 Å². The molecule has 5 nitrogen and oxygen atoms in total. The van der Waals surface area contributed by atoms with E-state index >= 15 is 0 Å². The summed E-state index contributed by atoms with van der Waals surface area (Å²) in [6.45, 7) is 0. The molecular formula is C12H16N4O. The Morgan fingerprint density at radius 3 is 3.12 bits per heavy atom. The highest BCUT2D eigenvalue weighted by molar-refractivity contribution is 5.61. The summed E-state index contributed by atoms with van der Waals surface area (Å²) in [5.74, 6) is 0.415. The molecule has 17 heavy (non-hydrogen) atoms. The maximum absolute atomic E-state index is 9.00. The van der Waals surface area contributed by atoms with Gasteiger partial charge in [0.05, 0.1) is 23.4 Å². The van der Waals surface area contributed by atoms with Gasteiger partial charge in [-0.15, -0.1) is 0 Å². The summed E-state index contributed by atoms with van der Waals surface area (Å²) in [4.78, 5) is 3.91. The van der Waals surface area contributed by atoms with Crippen molar-refractivity contribution in [3.8, 4) is 6.07 Å². The molecule has 1 aliphatic carbocycles. The van der Waals surface area contributed by atoms with Crippen molar-refractivity contribution < 1.29 is 4.74 Å². The quantitative estimate of drug-likeness (QED) is 0.825. The van der Waals surface area contributed by atoms with Crippen LogP contribution in [0.3, 0.4) is 0 Å². The highest BCUT2D eigenvalue weighted by Crippen LogP contribution is 2.26. The van der Waals surface area contributed by atoms with Gasteiger partial charge in [0, 0.05) is 19.4 Å². The molecule has 2 rings (SSSR count). The average molecular weight is 232 g/mol. The van der Waals surface area contributed by atoms with Gasteiger partial charge < -0.3 is 15.8 Å². The highest BCUT2D eigenvalue weighted by Gasteiger charge is 2.27. The molecule has 1 aromatic rings. The Morgan fingerprint density at radius 1 is 1.59 bits per heavy atom. The van der Waals surface area contributed by atoms with Crippen molar-refractivity contribution in [3.05, 3.63) is 17.8 Å². The van der Waals surface area contributed by atoms with E-state index in [4.69, 9.17) is 15.7 Å². The topological polar surface area (TPSA) is 84.0 Å². The fourth-order valence-electron chi connectivity index (χ4n) is 2.25. The first-order valence-electron chi connectivity index (χ1n) is 5.69. The Bertz CT molecular complexity index is 441. The Balaban J connectivity index is 2.18. The van der Waals surface area contributed by atoms with Crippen LogP contribution >= 0.6 is 0 Å². The third kappa shape index (κ3) is 2.48. The Kier molecular flexibility index (Phi) is 3.45. The van der Waals surface area contributed by atoms with Gasteiger partial charge in [-0.05, 0) is 19.3 Å². The minimum atomic E-state index is 0.205. The van der Waals surface area contributed by atoms with Crippen LogP contribution in [0.15, 0.2) is 12.3 Å². The molecule has 0 radical (unpaired) electrons. The number of nitrogens with one attached hydrogen (secondary N) is 1. The summed E-state index contributed by atoms with van der Waals surface area (Å²) in [5.41, 5.74) is 6.89. The van der Waals surface area contributed by atoms with Gasteiger partial charge in [-0.3, -0.25) is 0 Å². The number of nitrogens with two attached hydrogens (primary N) is 1. The molecule has 0 aromatic carbocycles. The second-order valence-corrected chi connectivity index (χ2v) is 4.22. The van der Waals surface area contributed by atoms with Crippen molar-refractivity contribution >= 4 is 11.5 Å². The third-order valence-electron chi connectivity index (χ3n) is 3.14. The third-order valence-corrected chi connectivity index (χ3v) is 3.14. The number of nitrogens with zero attached hydrogens (tertiary/aromatic N) is 2. The number of ether oxygens (including phenoxy) is 1. The molecule has 90 valence electrons. The number of anilines is 2. The molecule has 0 bridgehead atoms. The van der Waals surface area contributed by atoms with Gasteiger partial charge in [-0.25, -0.2) is 4.98 Å². The Morgan fingerprint density at radius 2 is 2.41 bits per heavy atom. The lowest BCUT2D eigenvalue weighted by Crippen LogP contribution is -2.30. The second-order valence-electron chi connectivity index (χ2n) is 4.22. The van der Waals surface area contributed by atoms with E-state index < -0.39 is 0 Å². The number of hydrogen-bond acceptors (Lipinski definition) is 5. The van der Waals surface area contributed by atoms with Gasteiger partial charge in [-0.2, -0.15) is 5.26 Å². The first kappa shape index (κ1) is 11.7. The largest absolute Gasteiger partial charge is 0.384 e. The lowest BCUT2D eigenvalue weighted by molar-refractivity contribution is 0.101. The van der Waals surface area contributed by atoms with Crippen LogP contribution in [0.4, 0.5) is 11.5 Å². The summed E-state index contributed by atoms with van der Waals surface area (Å²) >= 11 is 0. The number of hydrogen-bond donors (Lipinski definition) is 2. The summed E-state index contributed by atoms with van der Waals surface area (Å²) < 4.78 is 5.41. The van der Waals surface area contributed by atoms with Gasteiger partial charge in [0.15, 0.2) is 0 Å². The maximum atomic E-state index is 9.00. The number of pyridine rings is 1. The molecule has 1 aromatic heterocycles. The van der Waals surface area contributed by atoms with Crippen molar-refractivity contribution in [2.24, 2.45) is 0 Å². The van der Waals surface area contributed by atoms with Crippen LogP contribution in [0, 0.1) is 11.3 Å². The standard InChI is InChI=1S/C12H16N4O/c1-17-11-4-2-3-9(11)16-10-5-12(14)15-7-8(10)6-13/h5,7,9,11H,2-4H2,1H3,(H3,14,15,16)/t9-,11+/m0/s1. The van der Waals surface area contributed by atoms with Crippen molar-refractivity contribution in [1.29, 1.82) is 5.26 Å². The maximum Gasteiger partial charge on any atom is 0.125 e. The van der Waals surface area contributed by atoms with Crippen LogP contribution in [0.5, 0.6) is 0 Å². The van der Waals surface area contributed by atoms with Gasteiger partial charge in [-0.1, -0.05) is 0 Å². The molecule has 1 fully saturated rings. The number of methoxy groups -OCH3 is 1. The molecule has 1 saturated carbocycles. The van der Waals surface area contributed by atoms with E-state index in [0.29, 0.717) is 11.4 Å². The molecule has 1 aliphatic rings. The number of aromatic nitrogens is 1. The molecule has 5 heteroatoms. The monoisotopic (exact) mass is 232 g/mol. The second kappa shape index (κ2) is 5.02. The fraction of sp³-hybridized carbons (Fsp3) is 0.500. The molecule has 0 amide bonds.